The van der Waals surface area contributed by atoms with Crippen molar-refractivity contribution in [2.45, 2.75) is 12.8 Å². The number of anilines is 1. The summed E-state index contributed by atoms with van der Waals surface area (Å²) in [5.74, 6) is 0. The molecule has 0 saturated heterocycles. The number of benzene rings is 1. The van der Waals surface area contributed by atoms with E-state index in [-0.39, 0.29) is 0 Å². The molecule has 0 fully saturated rings. The average molecular weight is 202 g/mol. The molecule has 64 valence electrons. The minimum Gasteiger partial charge on any atom is -0.385 e. The van der Waals surface area contributed by atoms with Gasteiger partial charge in [-0.15, -0.1) is 0 Å². The number of halogens is 2. The summed E-state index contributed by atoms with van der Waals surface area (Å²) in [4.78, 5) is 0. The zero-order valence-electron chi connectivity index (χ0n) is 6.53. The van der Waals surface area contributed by atoms with E-state index in [9.17, 15) is 0 Å². The van der Waals surface area contributed by atoms with Crippen LogP contribution in [0.3, 0.4) is 0 Å². The third-order valence-corrected chi connectivity index (χ3v) is 2.63. The lowest BCUT2D eigenvalue weighted by molar-refractivity contribution is 0.830. The quantitative estimate of drug-likeness (QED) is 0.680. The molecule has 12 heavy (non-hydrogen) atoms. The number of rotatable bonds is 0. The predicted octanol–water partition coefficient (Wildman–Crippen LogP) is 3.35. The number of fused-ring (bicyclic) bond motifs is 1. The molecule has 0 aromatic heterocycles. The van der Waals surface area contributed by atoms with E-state index in [1.165, 1.54) is 5.56 Å². The Morgan fingerprint density at radius 3 is 2.92 bits per heavy atom. The highest BCUT2D eigenvalue weighted by Crippen LogP contribution is 2.32. The monoisotopic (exact) mass is 201 g/mol. The fourth-order valence-corrected chi connectivity index (χ4v) is 2.09. The Morgan fingerprint density at radius 2 is 2.08 bits per heavy atom. The minimum absolute atomic E-state index is 0.702. The van der Waals surface area contributed by atoms with Crippen molar-refractivity contribution in [3.63, 3.8) is 0 Å². The second kappa shape index (κ2) is 3.15. The summed E-state index contributed by atoms with van der Waals surface area (Å²) in [5.41, 5.74) is 2.30. The molecule has 2 rings (SSSR count). The van der Waals surface area contributed by atoms with Crippen molar-refractivity contribution in [1.29, 1.82) is 0 Å². The van der Waals surface area contributed by atoms with Crippen molar-refractivity contribution in [2.24, 2.45) is 0 Å². The van der Waals surface area contributed by atoms with Gasteiger partial charge >= 0.3 is 0 Å². The molecule has 0 amide bonds. The number of hydrogen-bond donors (Lipinski definition) is 1. The fourth-order valence-electron chi connectivity index (χ4n) is 1.50. The maximum absolute atomic E-state index is 6.02. The van der Waals surface area contributed by atoms with Crippen LogP contribution < -0.4 is 5.32 Å². The van der Waals surface area contributed by atoms with Gasteiger partial charge in [0.1, 0.15) is 0 Å². The van der Waals surface area contributed by atoms with Crippen molar-refractivity contribution >= 4 is 28.9 Å². The van der Waals surface area contributed by atoms with Gasteiger partial charge in [0.2, 0.25) is 0 Å². The zero-order chi connectivity index (χ0) is 8.55. The van der Waals surface area contributed by atoms with Gasteiger partial charge < -0.3 is 5.32 Å². The fraction of sp³-hybridized carbons (Fsp3) is 0.333. The smallest absolute Gasteiger partial charge is 0.0473 e. The molecule has 0 unspecified atom stereocenters. The van der Waals surface area contributed by atoms with Crippen LogP contribution in [0.25, 0.3) is 0 Å². The van der Waals surface area contributed by atoms with Crippen LogP contribution in [0, 0.1) is 0 Å². The topological polar surface area (TPSA) is 12.0 Å². The van der Waals surface area contributed by atoms with Gasteiger partial charge in [-0.2, -0.15) is 0 Å². The van der Waals surface area contributed by atoms with E-state index in [2.05, 4.69) is 5.32 Å². The second-order valence-corrected chi connectivity index (χ2v) is 3.79. The summed E-state index contributed by atoms with van der Waals surface area (Å²) < 4.78 is 0. The summed E-state index contributed by atoms with van der Waals surface area (Å²) in [6.45, 7) is 1.02. The molecular weight excluding hydrogens is 193 g/mol. The Hall–Kier alpha value is -0.400. The molecule has 0 aliphatic carbocycles. The standard InChI is InChI=1S/C9H9Cl2N/c10-6-4-8(11)7-2-1-3-12-9(7)5-6/h4-5,12H,1-3H2. The first-order chi connectivity index (χ1) is 5.77. The first-order valence-corrected chi connectivity index (χ1v) is 4.75. The third-order valence-electron chi connectivity index (χ3n) is 2.08. The second-order valence-electron chi connectivity index (χ2n) is 2.94. The molecule has 1 aliphatic heterocycles. The Kier molecular flexibility index (Phi) is 2.16. The molecule has 1 nitrogen and oxygen atoms in total. The summed E-state index contributed by atoms with van der Waals surface area (Å²) in [6, 6.07) is 3.73. The highest BCUT2D eigenvalue weighted by Gasteiger charge is 2.12. The van der Waals surface area contributed by atoms with E-state index in [4.69, 9.17) is 23.2 Å². The normalized spacial score (nSPS) is 15.2. The molecule has 1 aliphatic rings. The summed E-state index contributed by atoms with van der Waals surface area (Å²) >= 11 is 11.9. The number of nitrogens with one attached hydrogen (secondary N) is 1. The lowest BCUT2D eigenvalue weighted by Gasteiger charge is -2.19. The van der Waals surface area contributed by atoms with Crippen LogP contribution in [0.2, 0.25) is 10.0 Å². The molecule has 1 heterocycles. The lowest BCUT2D eigenvalue weighted by Crippen LogP contribution is -2.11. The van der Waals surface area contributed by atoms with Gasteiger partial charge in [-0.1, -0.05) is 23.2 Å². The molecule has 1 aromatic carbocycles. The zero-order valence-corrected chi connectivity index (χ0v) is 8.04. The lowest BCUT2D eigenvalue weighted by atomic mass is 10.0. The largest absolute Gasteiger partial charge is 0.385 e. The Bertz CT molecular complexity index is 310. The Morgan fingerprint density at radius 1 is 1.25 bits per heavy atom. The Balaban J connectivity index is 2.53. The molecule has 1 aromatic rings. The summed E-state index contributed by atoms with van der Waals surface area (Å²) in [6.07, 6.45) is 2.20. The third kappa shape index (κ3) is 1.39. The van der Waals surface area contributed by atoms with Crippen molar-refractivity contribution in [3.8, 4) is 0 Å². The number of hydrogen-bond acceptors (Lipinski definition) is 1. The first-order valence-electron chi connectivity index (χ1n) is 3.99. The van der Waals surface area contributed by atoms with Gasteiger partial charge in [-0.3, -0.25) is 0 Å². The van der Waals surface area contributed by atoms with Crippen LogP contribution >= 0.6 is 23.2 Å². The van der Waals surface area contributed by atoms with Crippen LogP contribution in [-0.2, 0) is 6.42 Å². The van der Waals surface area contributed by atoms with Gasteiger partial charge in [-0.05, 0) is 30.5 Å². The molecule has 0 spiro atoms. The van der Waals surface area contributed by atoms with E-state index in [1.807, 2.05) is 6.07 Å². The summed E-state index contributed by atoms with van der Waals surface area (Å²) in [5, 5.41) is 4.76. The highest BCUT2D eigenvalue weighted by atomic mass is 35.5. The molecule has 0 radical (unpaired) electrons. The van der Waals surface area contributed by atoms with Crippen LogP contribution in [0.5, 0.6) is 0 Å². The summed E-state index contributed by atoms with van der Waals surface area (Å²) in [7, 11) is 0. The van der Waals surface area contributed by atoms with Crippen LogP contribution in [0.1, 0.15) is 12.0 Å². The van der Waals surface area contributed by atoms with Crippen LogP contribution in [-0.4, -0.2) is 6.54 Å². The van der Waals surface area contributed by atoms with E-state index in [0.29, 0.717) is 5.02 Å². The van der Waals surface area contributed by atoms with E-state index in [0.717, 1.165) is 30.1 Å². The minimum atomic E-state index is 0.702. The molecular formula is C9H9Cl2N. The van der Waals surface area contributed by atoms with Gasteiger partial charge in [0, 0.05) is 22.3 Å². The Labute approximate surface area is 81.7 Å². The van der Waals surface area contributed by atoms with Crippen molar-refractivity contribution < 1.29 is 0 Å². The van der Waals surface area contributed by atoms with Gasteiger partial charge in [0.25, 0.3) is 0 Å². The molecule has 1 N–H and O–H groups in total. The highest BCUT2D eigenvalue weighted by molar-refractivity contribution is 6.35. The molecule has 3 heteroatoms. The van der Waals surface area contributed by atoms with Crippen LogP contribution in [0.4, 0.5) is 5.69 Å². The van der Waals surface area contributed by atoms with Crippen molar-refractivity contribution in [2.75, 3.05) is 11.9 Å². The van der Waals surface area contributed by atoms with Gasteiger partial charge in [0.15, 0.2) is 0 Å². The van der Waals surface area contributed by atoms with E-state index < -0.39 is 0 Å². The average Bonchev–Trinajstić information content (AvgIpc) is 2.04. The maximum atomic E-state index is 6.02. The van der Waals surface area contributed by atoms with Gasteiger partial charge in [0.05, 0.1) is 0 Å². The predicted molar refractivity (Wildman–Crippen MR) is 53.3 cm³/mol. The first kappa shape index (κ1) is 8.21. The SMILES string of the molecule is Clc1cc(Cl)c2c(c1)NCCC2. The van der Waals surface area contributed by atoms with Crippen LogP contribution in [0.15, 0.2) is 12.1 Å². The van der Waals surface area contributed by atoms with E-state index >= 15 is 0 Å². The maximum Gasteiger partial charge on any atom is 0.0473 e. The molecule has 0 saturated carbocycles. The van der Waals surface area contributed by atoms with Gasteiger partial charge in [-0.25, -0.2) is 0 Å². The van der Waals surface area contributed by atoms with Crippen molar-refractivity contribution in [3.05, 3.63) is 27.7 Å². The van der Waals surface area contributed by atoms with E-state index in [1.54, 1.807) is 6.07 Å². The molecule has 0 bridgehead atoms. The molecule has 0 atom stereocenters. The van der Waals surface area contributed by atoms with Crippen molar-refractivity contribution in [1.82, 2.24) is 0 Å².